The second kappa shape index (κ2) is 8.93. The molecule has 1 saturated heterocycles. The van der Waals surface area contributed by atoms with Crippen LogP contribution in [0.3, 0.4) is 0 Å². The molecular weight excluding hydrogens is 424 g/mol. The molecule has 0 aliphatic carbocycles. The van der Waals surface area contributed by atoms with E-state index in [2.05, 4.69) is 15.5 Å². The van der Waals surface area contributed by atoms with E-state index in [-0.39, 0.29) is 36.5 Å². The van der Waals surface area contributed by atoms with E-state index >= 15 is 0 Å². The van der Waals surface area contributed by atoms with Gasteiger partial charge in [-0.2, -0.15) is 5.10 Å². The van der Waals surface area contributed by atoms with Gasteiger partial charge in [0.1, 0.15) is 0 Å². The zero-order chi connectivity index (χ0) is 22.8. The van der Waals surface area contributed by atoms with Crippen LogP contribution in [0.1, 0.15) is 24.1 Å². The number of fused-ring (bicyclic) bond motifs is 2. The summed E-state index contributed by atoms with van der Waals surface area (Å²) in [6.07, 6.45) is 1.33. The molecule has 3 heterocycles. The van der Waals surface area contributed by atoms with E-state index in [4.69, 9.17) is 9.47 Å². The van der Waals surface area contributed by atoms with Crippen molar-refractivity contribution in [1.29, 1.82) is 0 Å². The molecule has 3 aromatic rings. The van der Waals surface area contributed by atoms with Crippen LogP contribution < -0.4 is 20.3 Å². The summed E-state index contributed by atoms with van der Waals surface area (Å²) in [6, 6.07) is 12.8. The summed E-state index contributed by atoms with van der Waals surface area (Å²) in [7, 11) is 0. The SMILES string of the molecule is O=C(NCc1ccc2c(c1)OCO2)C1CCN(C(=O)Cc2n[nH]c(=O)c3ccccc23)CC1. The van der Waals surface area contributed by atoms with E-state index in [9.17, 15) is 14.4 Å². The summed E-state index contributed by atoms with van der Waals surface area (Å²) < 4.78 is 10.7. The number of benzene rings is 2. The van der Waals surface area contributed by atoms with Crippen LogP contribution in [0.4, 0.5) is 0 Å². The normalized spacial score (nSPS) is 15.6. The highest BCUT2D eigenvalue weighted by atomic mass is 16.7. The molecule has 0 saturated carbocycles. The molecule has 33 heavy (non-hydrogen) atoms. The summed E-state index contributed by atoms with van der Waals surface area (Å²) in [6.45, 7) is 1.67. The van der Waals surface area contributed by atoms with E-state index in [1.165, 1.54) is 0 Å². The molecule has 0 unspecified atom stereocenters. The van der Waals surface area contributed by atoms with Gasteiger partial charge in [-0.25, -0.2) is 5.10 Å². The van der Waals surface area contributed by atoms with E-state index in [0.29, 0.717) is 60.4 Å². The maximum absolute atomic E-state index is 12.8. The van der Waals surface area contributed by atoms with E-state index in [1.54, 1.807) is 23.1 Å². The number of aromatic amines is 1. The lowest BCUT2D eigenvalue weighted by atomic mass is 9.95. The fourth-order valence-corrected chi connectivity index (χ4v) is 4.34. The van der Waals surface area contributed by atoms with Crippen molar-refractivity contribution in [3.8, 4) is 11.5 Å². The largest absolute Gasteiger partial charge is 0.454 e. The van der Waals surface area contributed by atoms with E-state index in [0.717, 1.165) is 5.56 Å². The average Bonchev–Trinajstić information content (AvgIpc) is 3.32. The third-order valence-corrected chi connectivity index (χ3v) is 6.22. The zero-order valence-corrected chi connectivity index (χ0v) is 18.0. The average molecular weight is 448 g/mol. The highest BCUT2D eigenvalue weighted by Crippen LogP contribution is 2.32. The molecule has 5 rings (SSSR count). The van der Waals surface area contributed by atoms with Gasteiger partial charge in [-0.15, -0.1) is 0 Å². The maximum Gasteiger partial charge on any atom is 0.272 e. The third kappa shape index (κ3) is 4.39. The van der Waals surface area contributed by atoms with Crippen molar-refractivity contribution in [3.05, 3.63) is 64.1 Å². The lowest BCUT2D eigenvalue weighted by Gasteiger charge is -2.31. The lowest BCUT2D eigenvalue weighted by Crippen LogP contribution is -2.43. The first-order valence-corrected chi connectivity index (χ1v) is 11.0. The zero-order valence-electron chi connectivity index (χ0n) is 18.0. The van der Waals surface area contributed by atoms with Gasteiger partial charge in [0, 0.05) is 30.9 Å². The Morgan fingerprint density at radius 2 is 1.82 bits per heavy atom. The number of nitrogens with one attached hydrogen (secondary N) is 2. The number of likely N-dealkylation sites (tertiary alicyclic amines) is 1. The van der Waals surface area contributed by atoms with Gasteiger partial charge >= 0.3 is 0 Å². The van der Waals surface area contributed by atoms with Gasteiger partial charge in [0.15, 0.2) is 11.5 Å². The Kier molecular flexibility index (Phi) is 5.68. The van der Waals surface area contributed by atoms with Crippen LogP contribution >= 0.6 is 0 Å². The first-order valence-electron chi connectivity index (χ1n) is 11.0. The molecule has 1 fully saturated rings. The van der Waals surface area contributed by atoms with Gasteiger partial charge in [-0.1, -0.05) is 24.3 Å². The lowest BCUT2D eigenvalue weighted by molar-refractivity contribution is -0.135. The Bertz CT molecular complexity index is 1260. The van der Waals surface area contributed by atoms with Gasteiger partial charge < -0.3 is 19.7 Å². The van der Waals surface area contributed by atoms with Crippen LogP contribution in [0.5, 0.6) is 11.5 Å². The van der Waals surface area contributed by atoms with Gasteiger partial charge in [0.05, 0.1) is 17.5 Å². The Labute approximate surface area is 189 Å². The molecule has 2 aromatic carbocycles. The molecular formula is C24H24N4O5. The minimum Gasteiger partial charge on any atom is -0.454 e. The van der Waals surface area contributed by atoms with Crippen molar-refractivity contribution in [3.63, 3.8) is 0 Å². The summed E-state index contributed by atoms with van der Waals surface area (Å²) in [4.78, 5) is 39.2. The Morgan fingerprint density at radius 3 is 2.64 bits per heavy atom. The van der Waals surface area contributed by atoms with Crippen LogP contribution in [0.2, 0.25) is 0 Å². The number of rotatable bonds is 5. The number of carbonyl (C=O) groups excluding carboxylic acids is 2. The number of hydrogen-bond donors (Lipinski definition) is 2. The Balaban J connectivity index is 1.14. The first kappa shape index (κ1) is 21.0. The van der Waals surface area contributed by atoms with Crippen LogP contribution in [-0.4, -0.2) is 46.8 Å². The van der Waals surface area contributed by atoms with Crippen molar-refractivity contribution < 1.29 is 19.1 Å². The number of H-pyrrole nitrogens is 1. The molecule has 170 valence electrons. The number of amides is 2. The van der Waals surface area contributed by atoms with E-state index < -0.39 is 0 Å². The van der Waals surface area contributed by atoms with Crippen LogP contribution in [0.15, 0.2) is 47.3 Å². The Morgan fingerprint density at radius 1 is 1.06 bits per heavy atom. The van der Waals surface area contributed by atoms with Crippen molar-refractivity contribution >= 4 is 22.6 Å². The predicted molar refractivity (Wildman–Crippen MR) is 120 cm³/mol. The molecule has 0 radical (unpaired) electrons. The van der Waals surface area contributed by atoms with Crippen molar-refractivity contribution in [2.24, 2.45) is 5.92 Å². The second-order valence-corrected chi connectivity index (χ2v) is 8.28. The number of aromatic nitrogens is 2. The topological polar surface area (TPSA) is 114 Å². The van der Waals surface area contributed by atoms with Crippen LogP contribution in [0.25, 0.3) is 10.8 Å². The number of piperidine rings is 1. The highest BCUT2D eigenvalue weighted by molar-refractivity contribution is 5.88. The standard InChI is InChI=1S/C24H24N4O5/c29-22(12-19-17-3-1-2-4-18(17)24(31)27-26-19)28-9-7-16(8-10-28)23(30)25-13-15-5-6-20-21(11-15)33-14-32-20/h1-6,11,16H,7-10,12-14H2,(H,25,30)(H,27,31). The van der Waals surface area contributed by atoms with Crippen LogP contribution in [0, 0.1) is 5.92 Å². The highest BCUT2D eigenvalue weighted by Gasteiger charge is 2.28. The van der Waals surface area contributed by atoms with E-state index in [1.807, 2.05) is 24.3 Å². The summed E-state index contributed by atoms with van der Waals surface area (Å²) in [5.41, 5.74) is 1.23. The molecule has 2 amide bonds. The fourth-order valence-electron chi connectivity index (χ4n) is 4.34. The minimum absolute atomic E-state index is 0.00642. The smallest absolute Gasteiger partial charge is 0.272 e. The quantitative estimate of drug-likeness (QED) is 0.615. The fraction of sp³-hybridized carbons (Fsp3) is 0.333. The molecule has 2 aliphatic rings. The summed E-state index contributed by atoms with van der Waals surface area (Å²) >= 11 is 0. The summed E-state index contributed by atoms with van der Waals surface area (Å²) in [5, 5.41) is 10.8. The number of hydrogen-bond acceptors (Lipinski definition) is 6. The maximum atomic E-state index is 12.8. The molecule has 9 nitrogen and oxygen atoms in total. The molecule has 0 atom stereocenters. The van der Waals surface area contributed by atoms with Crippen molar-refractivity contribution in [1.82, 2.24) is 20.4 Å². The Hall–Kier alpha value is -3.88. The number of carbonyl (C=O) groups is 2. The number of nitrogens with zero attached hydrogens (tertiary/aromatic N) is 2. The van der Waals surface area contributed by atoms with Crippen molar-refractivity contribution in [2.45, 2.75) is 25.8 Å². The van der Waals surface area contributed by atoms with Crippen LogP contribution in [-0.2, 0) is 22.6 Å². The molecule has 1 aromatic heterocycles. The molecule has 0 spiro atoms. The minimum atomic E-state index is -0.269. The molecule has 2 N–H and O–H groups in total. The molecule has 2 aliphatic heterocycles. The van der Waals surface area contributed by atoms with Gasteiger partial charge in [-0.05, 0) is 36.6 Å². The predicted octanol–water partition coefficient (Wildman–Crippen LogP) is 1.75. The monoisotopic (exact) mass is 448 g/mol. The van der Waals surface area contributed by atoms with Gasteiger partial charge in [0.2, 0.25) is 18.6 Å². The van der Waals surface area contributed by atoms with Crippen molar-refractivity contribution in [2.75, 3.05) is 19.9 Å². The third-order valence-electron chi connectivity index (χ3n) is 6.22. The summed E-state index contributed by atoms with van der Waals surface area (Å²) in [5.74, 6) is 1.22. The molecule has 9 heteroatoms. The van der Waals surface area contributed by atoms with Gasteiger partial charge in [-0.3, -0.25) is 14.4 Å². The number of ether oxygens (including phenoxy) is 2. The first-order chi connectivity index (χ1) is 16.1. The van der Waals surface area contributed by atoms with Gasteiger partial charge in [0.25, 0.3) is 5.56 Å². The molecule has 0 bridgehead atoms. The second-order valence-electron chi connectivity index (χ2n) is 8.28.